The molecule has 2 heteroatoms. The maximum atomic E-state index is 2.28. The quantitative estimate of drug-likeness (QED) is 0.639. The monoisotopic (exact) mass is 325 g/mol. The van der Waals surface area contributed by atoms with Crippen LogP contribution in [0, 0.1) is 0 Å². The van der Waals surface area contributed by atoms with E-state index in [1.807, 2.05) is 0 Å². The van der Waals surface area contributed by atoms with Crippen LogP contribution in [0.1, 0.15) is 0 Å². The van der Waals surface area contributed by atoms with E-state index in [2.05, 4.69) is 91.0 Å². The molecule has 3 aromatic rings. The van der Waals surface area contributed by atoms with E-state index >= 15 is 0 Å². The second-order valence-electron chi connectivity index (χ2n) is 4.43. The van der Waals surface area contributed by atoms with Crippen molar-refractivity contribution in [3.8, 4) is 0 Å². The molecule has 0 saturated carbocycles. The molecule has 3 aromatic carbocycles. The molecule has 0 aliphatic rings. The fourth-order valence-corrected chi connectivity index (χ4v) is 7.96. The summed E-state index contributed by atoms with van der Waals surface area (Å²) in [4.78, 5) is 0. The third-order valence-corrected chi connectivity index (χ3v) is 11.7. The summed E-state index contributed by atoms with van der Waals surface area (Å²) in [5.41, 5.74) is 0. The maximum absolute atomic E-state index is 2.28. The average molecular weight is 326 g/mol. The molecule has 0 nitrogen and oxygen atoms in total. The van der Waals surface area contributed by atoms with Gasteiger partial charge in [-0.25, -0.2) is 0 Å². The molecule has 0 unspecified atom stereocenters. The molecule has 0 fully saturated rings. The van der Waals surface area contributed by atoms with Gasteiger partial charge in [-0.3, -0.25) is 0 Å². The van der Waals surface area contributed by atoms with Gasteiger partial charge in [-0.05, 0) is 0 Å². The molecule has 0 heterocycles. The van der Waals surface area contributed by atoms with Crippen molar-refractivity contribution in [2.75, 3.05) is 0 Å². The number of benzene rings is 3. The van der Waals surface area contributed by atoms with E-state index in [4.69, 9.17) is 0 Å². The van der Waals surface area contributed by atoms with Crippen molar-refractivity contribution in [1.82, 2.24) is 0 Å². The first-order chi connectivity index (χ1) is 9.82. The van der Waals surface area contributed by atoms with E-state index in [0.29, 0.717) is 0 Å². The summed E-state index contributed by atoms with van der Waals surface area (Å²) < 4.78 is 4.37. The van der Waals surface area contributed by atoms with E-state index in [1.54, 1.807) is 0 Å². The molecule has 0 bridgehead atoms. The van der Waals surface area contributed by atoms with Crippen molar-refractivity contribution in [1.29, 1.82) is 0 Å². The van der Waals surface area contributed by atoms with Gasteiger partial charge in [0.1, 0.15) is 0 Å². The van der Waals surface area contributed by atoms with Crippen molar-refractivity contribution in [2.24, 2.45) is 0 Å². The number of hydrogen-bond donors (Lipinski definition) is 0. The summed E-state index contributed by atoms with van der Waals surface area (Å²) in [6, 6.07) is 32.9. The van der Waals surface area contributed by atoms with Crippen LogP contribution in [0.4, 0.5) is 0 Å². The Labute approximate surface area is 125 Å². The van der Waals surface area contributed by atoms with Crippen LogP contribution in [0.3, 0.4) is 0 Å². The third kappa shape index (κ3) is 2.38. The number of rotatable bonds is 3. The fourth-order valence-electron chi connectivity index (χ4n) is 2.10. The first-order valence-electron chi connectivity index (χ1n) is 6.49. The zero-order valence-electron chi connectivity index (χ0n) is 11.5. The standard InChI is InChI=1S/3C6H5.Cu.H3Si/c3*1-2-4-6-5-3-1;;/h3*1-5H;;1H3. The first-order valence-corrected chi connectivity index (χ1v) is 11.3. The Morgan fingerprint density at radius 3 is 0.950 bits per heavy atom. The van der Waals surface area contributed by atoms with Crippen LogP contribution in [-0.4, -0.2) is 8.85 Å². The van der Waals surface area contributed by atoms with Crippen LogP contribution in [0.5, 0.6) is 0 Å². The van der Waals surface area contributed by atoms with Crippen LogP contribution < -0.4 is 13.4 Å². The predicted molar refractivity (Wildman–Crippen MR) is 88.2 cm³/mol. The summed E-state index contributed by atoms with van der Waals surface area (Å²) in [5, 5.41) is 0. The van der Waals surface area contributed by atoms with Gasteiger partial charge >= 0.3 is 125 Å². The van der Waals surface area contributed by atoms with Crippen LogP contribution in [0.15, 0.2) is 91.0 Å². The summed E-state index contributed by atoms with van der Waals surface area (Å²) in [6.45, 7) is 0. The molecule has 0 spiro atoms. The molecule has 0 amide bonds. The van der Waals surface area contributed by atoms with Gasteiger partial charge in [0.25, 0.3) is 0 Å². The van der Waals surface area contributed by atoms with Crippen molar-refractivity contribution < 1.29 is 12.2 Å². The molecule has 0 aliphatic heterocycles. The predicted octanol–water partition coefficient (Wildman–Crippen LogP) is 1.40. The Balaban J connectivity index is 2.24. The average Bonchev–Trinajstić information content (AvgIpc) is 2.56. The summed E-state index contributed by atoms with van der Waals surface area (Å²) in [6.07, 6.45) is 0. The van der Waals surface area contributed by atoms with Crippen molar-refractivity contribution in [2.45, 2.75) is 0 Å². The zero-order valence-corrected chi connectivity index (χ0v) is 14.4. The normalized spacial score (nSPS) is 12.2. The molecule has 3 rings (SSSR count). The second kappa shape index (κ2) is 5.80. The number of hydrogen-bond acceptors (Lipinski definition) is 0. The van der Waals surface area contributed by atoms with Gasteiger partial charge in [0.15, 0.2) is 0 Å². The van der Waals surface area contributed by atoms with Crippen molar-refractivity contribution >= 4 is 22.2 Å². The Hall–Kier alpha value is -1.60. The van der Waals surface area contributed by atoms with E-state index in [-0.39, 0.29) is 0 Å². The molecule has 0 radical (unpaired) electrons. The molecule has 0 aliphatic carbocycles. The summed E-state index contributed by atoms with van der Waals surface area (Å²) in [7, 11) is 1.11. The van der Waals surface area contributed by atoms with Crippen LogP contribution in [0.25, 0.3) is 0 Å². The van der Waals surface area contributed by atoms with E-state index in [0.717, 1.165) is 8.85 Å². The SMILES string of the molecule is [SiH3][Cu]([c]1ccccc1)([c]1ccccc1)[c]1ccccc1. The third-order valence-electron chi connectivity index (χ3n) is 3.17. The van der Waals surface area contributed by atoms with Gasteiger partial charge in [0, 0.05) is 0 Å². The van der Waals surface area contributed by atoms with Crippen LogP contribution in [-0.2, 0) is 12.2 Å². The molecular weight excluding hydrogens is 308 g/mol. The molecule has 105 valence electrons. The van der Waals surface area contributed by atoms with Gasteiger partial charge in [-0.1, -0.05) is 0 Å². The van der Waals surface area contributed by atoms with Crippen LogP contribution >= 0.6 is 0 Å². The van der Waals surface area contributed by atoms with Gasteiger partial charge in [-0.2, -0.15) is 0 Å². The first kappa shape index (κ1) is 13.4. The zero-order chi connectivity index (χ0) is 13.8. The van der Waals surface area contributed by atoms with Crippen molar-refractivity contribution in [3.63, 3.8) is 0 Å². The molecule has 0 N–H and O–H groups in total. The van der Waals surface area contributed by atoms with Crippen LogP contribution in [0.2, 0.25) is 0 Å². The Bertz CT molecular complexity index is 569. The molecule has 0 aromatic heterocycles. The molecule has 0 saturated heterocycles. The van der Waals surface area contributed by atoms with E-state index in [1.165, 1.54) is 13.4 Å². The van der Waals surface area contributed by atoms with Gasteiger partial charge in [-0.15, -0.1) is 0 Å². The topological polar surface area (TPSA) is 0 Å². The molecule has 0 atom stereocenters. The minimum absolute atomic E-state index is 0.970. The van der Waals surface area contributed by atoms with Gasteiger partial charge in [0.2, 0.25) is 0 Å². The Morgan fingerprint density at radius 2 is 0.700 bits per heavy atom. The summed E-state index contributed by atoms with van der Waals surface area (Å²) in [5.74, 6) is 0. The van der Waals surface area contributed by atoms with Gasteiger partial charge in [0.05, 0.1) is 0 Å². The summed E-state index contributed by atoms with van der Waals surface area (Å²) >= 11 is -0.970. The molecular formula is C18H18CuSi. The Morgan fingerprint density at radius 1 is 0.450 bits per heavy atom. The van der Waals surface area contributed by atoms with Crippen molar-refractivity contribution in [3.05, 3.63) is 91.0 Å². The van der Waals surface area contributed by atoms with E-state index in [9.17, 15) is 0 Å². The molecule has 20 heavy (non-hydrogen) atoms. The van der Waals surface area contributed by atoms with E-state index < -0.39 is 12.2 Å². The fraction of sp³-hybridized carbons (Fsp3) is 0. The second-order valence-corrected chi connectivity index (χ2v) is 11.9. The minimum atomic E-state index is -0.970. The Kier molecular flexibility index (Phi) is 3.88. The van der Waals surface area contributed by atoms with Gasteiger partial charge < -0.3 is 0 Å².